The van der Waals surface area contributed by atoms with Crippen molar-refractivity contribution in [1.82, 2.24) is 10.6 Å². The SMILES string of the molecule is CC(C)NCC(O)C[C@@]1(O)CO[C@@]2(CC(O)CNC(C)C)[C@@H]1OC[C@@H]2O. The van der Waals surface area contributed by atoms with Crippen LogP contribution in [0, 0.1) is 0 Å². The van der Waals surface area contributed by atoms with Gasteiger partial charge in [0.15, 0.2) is 0 Å². The van der Waals surface area contributed by atoms with Crippen molar-refractivity contribution in [3.63, 3.8) is 0 Å². The zero-order chi connectivity index (χ0) is 19.5. The van der Waals surface area contributed by atoms with E-state index in [9.17, 15) is 20.4 Å². The maximum Gasteiger partial charge on any atom is 0.128 e. The smallest absolute Gasteiger partial charge is 0.128 e. The van der Waals surface area contributed by atoms with Gasteiger partial charge in [-0.1, -0.05) is 27.7 Å². The van der Waals surface area contributed by atoms with E-state index >= 15 is 0 Å². The Hall–Kier alpha value is -0.320. The van der Waals surface area contributed by atoms with Crippen molar-refractivity contribution in [3.05, 3.63) is 0 Å². The number of aliphatic hydroxyl groups is 4. The molecule has 26 heavy (non-hydrogen) atoms. The monoisotopic (exact) mass is 376 g/mol. The van der Waals surface area contributed by atoms with E-state index in [-0.39, 0.29) is 38.1 Å². The number of ether oxygens (including phenoxy) is 2. The zero-order valence-corrected chi connectivity index (χ0v) is 16.3. The average molecular weight is 376 g/mol. The van der Waals surface area contributed by atoms with Crippen LogP contribution in [-0.4, -0.2) is 94.4 Å². The lowest BCUT2D eigenvalue weighted by molar-refractivity contribution is -0.103. The van der Waals surface area contributed by atoms with Crippen molar-refractivity contribution in [2.75, 3.05) is 26.3 Å². The molecule has 2 aliphatic rings. The van der Waals surface area contributed by atoms with Crippen LogP contribution in [0.3, 0.4) is 0 Å². The van der Waals surface area contributed by atoms with Crippen LogP contribution in [0.25, 0.3) is 0 Å². The first kappa shape index (κ1) is 22.0. The van der Waals surface area contributed by atoms with Gasteiger partial charge in [-0.3, -0.25) is 0 Å². The molecule has 2 saturated heterocycles. The molecule has 2 unspecified atom stereocenters. The van der Waals surface area contributed by atoms with Gasteiger partial charge in [-0.2, -0.15) is 0 Å². The summed E-state index contributed by atoms with van der Waals surface area (Å²) in [6, 6.07) is 0.458. The van der Waals surface area contributed by atoms with E-state index in [1.807, 2.05) is 27.7 Å². The number of hydrogen-bond donors (Lipinski definition) is 6. The van der Waals surface area contributed by atoms with Gasteiger partial charge < -0.3 is 40.5 Å². The summed E-state index contributed by atoms with van der Waals surface area (Å²) < 4.78 is 11.5. The van der Waals surface area contributed by atoms with Crippen LogP contribution in [0.1, 0.15) is 40.5 Å². The Labute approximate surface area is 155 Å². The highest BCUT2D eigenvalue weighted by Crippen LogP contribution is 2.47. The summed E-state index contributed by atoms with van der Waals surface area (Å²) in [6.45, 7) is 8.64. The fourth-order valence-corrected chi connectivity index (χ4v) is 3.89. The molecule has 2 fully saturated rings. The molecule has 154 valence electrons. The standard InChI is InChI=1S/C18H36N2O6/c1-11(2)19-7-13(21)5-17(24)10-26-18(15(23)9-25-16(17)18)6-14(22)8-20-12(3)4/h11-16,19-24H,5-10H2,1-4H3/t13?,14?,15-,16+,17+,18+/m0/s1. The Morgan fingerprint density at radius 1 is 1.00 bits per heavy atom. The maximum absolute atomic E-state index is 11.1. The minimum atomic E-state index is -1.40. The molecule has 0 aliphatic carbocycles. The Bertz CT molecular complexity index is 451. The van der Waals surface area contributed by atoms with Gasteiger partial charge in [-0.25, -0.2) is 0 Å². The molecular weight excluding hydrogens is 340 g/mol. The van der Waals surface area contributed by atoms with Crippen molar-refractivity contribution in [3.8, 4) is 0 Å². The van der Waals surface area contributed by atoms with Gasteiger partial charge in [0.25, 0.3) is 0 Å². The maximum atomic E-state index is 11.1. The highest BCUT2D eigenvalue weighted by atomic mass is 16.6. The molecule has 0 bridgehead atoms. The largest absolute Gasteiger partial charge is 0.392 e. The molecular formula is C18H36N2O6. The lowest BCUT2D eigenvalue weighted by Gasteiger charge is -2.35. The summed E-state index contributed by atoms with van der Waals surface area (Å²) in [5.74, 6) is 0. The van der Waals surface area contributed by atoms with Crippen molar-refractivity contribution >= 4 is 0 Å². The van der Waals surface area contributed by atoms with E-state index in [0.717, 1.165) is 0 Å². The molecule has 6 atom stereocenters. The van der Waals surface area contributed by atoms with E-state index < -0.39 is 35.6 Å². The quantitative estimate of drug-likeness (QED) is 0.279. The molecule has 0 aromatic carbocycles. The molecule has 0 radical (unpaired) electrons. The van der Waals surface area contributed by atoms with E-state index in [1.54, 1.807) is 0 Å². The number of hydrogen-bond acceptors (Lipinski definition) is 8. The number of rotatable bonds is 10. The first-order valence-corrected chi connectivity index (χ1v) is 9.58. The minimum Gasteiger partial charge on any atom is -0.392 e. The van der Waals surface area contributed by atoms with E-state index in [0.29, 0.717) is 13.1 Å². The third kappa shape index (κ3) is 4.94. The summed E-state index contributed by atoms with van der Waals surface area (Å²) >= 11 is 0. The molecule has 0 spiro atoms. The highest BCUT2D eigenvalue weighted by Gasteiger charge is 2.66. The second-order valence-corrected chi connectivity index (χ2v) is 8.42. The molecule has 0 aromatic heterocycles. The molecule has 8 nitrogen and oxygen atoms in total. The van der Waals surface area contributed by atoms with Crippen LogP contribution in [0.2, 0.25) is 0 Å². The summed E-state index contributed by atoms with van der Waals surface area (Å²) in [7, 11) is 0. The lowest BCUT2D eigenvalue weighted by atomic mass is 9.79. The van der Waals surface area contributed by atoms with Crippen molar-refractivity contribution < 1.29 is 29.9 Å². The van der Waals surface area contributed by atoms with Crippen molar-refractivity contribution in [2.24, 2.45) is 0 Å². The summed E-state index contributed by atoms with van der Waals surface area (Å²) in [5.41, 5.74) is -2.56. The highest BCUT2D eigenvalue weighted by molar-refractivity contribution is 5.15. The summed E-state index contributed by atoms with van der Waals surface area (Å²) in [4.78, 5) is 0. The van der Waals surface area contributed by atoms with E-state index in [2.05, 4.69) is 10.6 Å². The predicted molar refractivity (Wildman–Crippen MR) is 96.9 cm³/mol. The normalized spacial score (nSPS) is 36.7. The molecule has 6 N–H and O–H groups in total. The van der Waals surface area contributed by atoms with E-state index in [1.165, 1.54) is 0 Å². The van der Waals surface area contributed by atoms with Crippen LogP contribution in [0.4, 0.5) is 0 Å². The van der Waals surface area contributed by atoms with Gasteiger partial charge in [0.2, 0.25) is 0 Å². The fraction of sp³-hybridized carbons (Fsp3) is 1.00. The predicted octanol–water partition coefficient (Wildman–Crippen LogP) is -1.26. The first-order chi connectivity index (χ1) is 12.1. The zero-order valence-electron chi connectivity index (χ0n) is 16.3. The van der Waals surface area contributed by atoms with E-state index in [4.69, 9.17) is 9.47 Å². The molecule has 0 saturated carbocycles. The molecule has 8 heteroatoms. The van der Waals surface area contributed by atoms with Crippen molar-refractivity contribution in [1.29, 1.82) is 0 Å². The van der Waals surface area contributed by atoms with Crippen LogP contribution in [-0.2, 0) is 9.47 Å². The van der Waals surface area contributed by atoms with Crippen LogP contribution in [0.5, 0.6) is 0 Å². The van der Waals surface area contributed by atoms with Crippen LogP contribution < -0.4 is 10.6 Å². The Kier molecular flexibility index (Phi) is 7.43. The van der Waals surface area contributed by atoms with Crippen molar-refractivity contribution in [2.45, 2.75) is 88.2 Å². The third-order valence-corrected chi connectivity index (χ3v) is 5.17. The molecule has 0 aromatic rings. The number of fused-ring (bicyclic) bond motifs is 1. The molecule has 2 rings (SSSR count). The number of nitrogens with one attached hydrogen (secondary N) is 2. The van der Waals surface area contributed by atoms with Crippen LogP contribution >= 0.6 is 0 Å². The Balaban J connectivity index is 2.03. The van der Waals surface area contributed by atoms with Crippen LogP contribution in [0.15, 0.2) is 0 Å². The Morgan fingerprint density at radius 3 is 2.08 bits per heavy atom. The minimum absolute atomic E-state index is 0.0393. The Morgan fingerprint density at radius 2 is 1.54 bits per heavy atom. The fourth-order valence-electron chi connectivity index (χ4n) is 3.89. The number of aliphatic hydroxyl groups excluding tert-OH is 3. The average Bonchev–Trinajstić information content (AvgIpc) is 3.00. The molecule has 2 aliphatic heterocycles. The van der Waals surface area contributed by atoms with Gasteiger partial charge in [-0.05, 0) is 0 Å². The molecule has 2 heterocycles. The second-order valence-electron chi connectivity index (χ2n) is 8.42. The second kappa shape index (κ2) is 8.79. The van der Waals surface area contributed by atoms with Gasteiger partial charge in [0.05, 0.1) is 25.4 Å². The van der Waals surface area contributed by atoms with Gasteiger partial charge in [0.1, 0.15) is 23.4 Å². The molecule has 0 amide bonds. The first-order valence-electron chi connectivity index (χ1n) is 9.58. The van der Waals surface area contributed by atoms with Gasteiger partial charge >= 0.3 is 0 Å². The third-order valence-electron chi connectivity index (χ3n) is 5.17. The topological polar surface area (TPSA) is 123 Å². The van der Waals surface area contributed by atoms with Gasteiger partial charge in [0, 0.05) is 38.0 Å². The lowest BCUT2D eigenvalue weighted by Crippen LogP contribution is -2.55. The summed E-state index contributed by atoms with van der Waals surface area (Å²) in [6.07, 6.45) is -3.00. The summed E-state index contributed by atoms with van der Waals surface area (Å²) in [5, 5.41) is 48.4. The van der Waals surface area contributed by atoms with Gasteiger partial charge in [-0.15, -0.1) is 0 Å².